The third-order valence-electron chi connectivity index (χ3n) is 3.50. The number of nitrogens with one attached hydrogen (secondary N) is 1. The number of benzene rings is 1. The maximum absolute atomic E-state index is 11.9. The molecular weight excluding hydrogens is 312 g/mol. The molecule has 1 aliphatic rings. The number of carbonyl (C=O) groups is 2. The van der Waals surface area contributed by atoms with Crippen molar-refractivity contribution in [3.05, 3.63) is 38.9 Å². The Morgan fingerprint density at radius 3 is 2.64 bits per heavy atom. The van der Waals surface area contributed by atoms with Crippen molar-refractivity contribution in [2.75, 3.05) is 0 Å². The summed E-state index contributed by atoms with van der Waals surface area (Å²) in [6, 6.07) is 2.92. The van der Waals surface area contributed by atoms with Gasteiger partial charge in [0.15, 0.2) is 0 Å². The SMILES string of the molecule is O=C(Cc1ccc([N+](=O)[O-])cc1Cl)NC(CC1CC1)C(=O)O. The Balaban J connectivity index is 1.98. The first kappa shape index (κ1) is 16.2. The van der Waals surface area contributed by atoms with Gasteiger partial charge >= 0.3 is 5.97 Å². The minimum atomic E-state index is -1.06. The van der Waals surface area contributed by atoms with Crippen LogP contribution in [0.3, 0.4) is 0 Å². The van der Waals surface area contributed by atoms with Crippen LogP contribution >= 0.6 is 11.6 Å². The molecule has 8 heteroatoms. The third kappa shape index (κ3) is 4.42. The zero-order valence-corrected chi connectivity index (χ0v) is 12.4. The highest BCUT2D eigenvalue weighted by Gasteiger charge is 2.30. The molecule has 0 heterocycles. The summed E-state index contributed by atoms with van der Waals surface area (Å²) in [5, 5.41) is 22.3. The Morgan fingerprint density at radius 1 is 1.45 bits per heavy atom. The maximum Gasteiger partial charge on any atom is 0.326 e. The molecule has 0 spiro atoms. The van der Waals surface area contributed by atoms with Crippen molar-refractivity contribution in [1.82, 2.24) is 5.32 Å². The molecule has 0 saturated heterocycles. The van der Waals surface area contributed by atoms with Crippen LogP contribution in [0.1, 0.15) is 24.8 Å². The number of hydrogen-bond acceptors (Lipinski definition) is 4. The summed E-state index contributed by atoms with van der Waals surface area (Å²) in [7, 11) is 0. The monoisotopic (exact) mass is 326 g/mol. The number of nitrogens with zero attached hydrogens (tertiary/aromatic N) is 1. The molecule has 0 radical (unpaired) electrons. The van der Waals surface area contributed by atoms with Gasteiger partial charge in [0, 0.05) is 12.1 Å². The van der Waals surface area contributed by atoms with Gasteiger partial charge < -0.3 is 10.4 Å². The zero-order chi connectivity index (χ0) is 16.3. The second-order valence-corrected chi connectivity index (χ2v) is 5.75. The van der Waals surface area contributed by atoms with E-state index in [4.69, 9.17) is 16.7 Å². The molecule has 0 bridgehead atoms. The molecule has 1 saturated carbocycles. The van der Waals surface area contributed by atoms with Crippen molar-refractivity contribution in [3.8, 4) is 0 Å². The van der Waals surface area contributed by atoms with E-state index in [1.54, 1.807) is 0 Å². The van der Waals surface area contributed by atoms with Crippen molar-refractivity contribution in [3.63, 3.8) is 0 Å². The van der Waals surface area contributed by atoms with E-state index < -0.39 is 22.8 Å². The van der Waals surface area contributed by atoms with E-state index in [-0.39, 0.29) is 17.1 Å². The molecule has 1 aromatic rings. The highest BCUT2D eigenvalue weighted by atomic mass is 35.5. The van der Waals surface area contributed by atoms with Gasteiger partial charge in [-0.2, -0.15) is 0 Å². The van der Waals surface area contributed by atoms with Crippen molar-refractivity contribution in [2.24, 2.45) is 5.92 Å². The number of nitro groups is 1. The number of amides is 1. The fraction of sp³-hybridized carbons (Fsp3) is 0.429. The summed E-state index contributed by atoms with van der Waals surface area (Å²) in [5.41, 5.74) is 0.256. The van der Waals surface area contributed by atoms with Crippen molar-refractivity contribution < 1.29 is 19.6 Å². The van der Waals surface area contributed by atoms with Crippen LogP contribution in [-0.2, 0) is 16.0 Å². The molecule has 1 aliphatic carbocycles. The van der Waals surface area contributed by atoms with Crippen LogP contribution in [0, 0.1) is 16.0 Å². The van der Waals surface area contributed by atoms with E-state index in [1.807, 2.05) is 0 Å². The quantitative estimate of drug-likeness (QED) is 0.589. The van der Waals surface area contributed by atoms with Crippen molar-refractivity contribution >= 4 is 29.2 Å². The summed E-state index contributed by atoms with van der Waals surface area (Å²) in [4.78, 5) is 33.1. The topological polar surface area (TPSA) is 110 Å². The normalized spacial score (nSPS) is 15.1. The maximum atomic E-state index is 11.9. The van der Waals surface area contributed by atoms with Gasteiger partial charge in [-0.1, -0.05) is 30.5 Å². The van der Waals surface area contributed by atoms with Gasteiger partial charge in [0.05, 0.1) is 16.4 Å². The van der Waals surface area contributed by atoms with E-state index in [9.17, 15) is 19.7 Å². The average molecular weight is 327 g/mol. The number of halogens is 1. The molecule has 1 fully saturated rings. The first-order chi connectivity index (χ1) is 10.4. The van der Waals surface area contributed by atoms with Crippen LogP contribution in [0.15, 0.2) is 18.2 Å². The van der Waals surface area contributed by atoms with Gasteiger partial charge in [-0.05, 0) is 17.9 Å². The molecule has 2 N–H and O–H groups in total. The largest absolute Gasteiger partial charge is 0.480 e. The molecule has 7 nitrogen and oxygen atoms in total. The molecule has 1 atom stereocenters. The smallest absolute Gasteiger partial charge is 0.326 e. The van der Waals surface area contributed by atoms with Crippen molar-refractivity contribution in [1.29, 1.82) is 0 Å². The van der Waals surface area contributed by atoms with Gasteiger partial charge in [-0.3, -0.25) is 14.9 Å². The van der Waals surface area contributed by atoms with Crippen LogP contribution in [0.5, 0.6) is 0 Å². The van der Waals surface area contributed by atoms with Gasteiger partial charge in [0.1, 0.15) is 6.04 Å². The van der Waals surface area contributed by atoms with Gasteiger partial charge in [0.25, 0.3) is 5.69 Å². The lowest BCUT2D eigenvalue weighted by Gasteiger charge is -2.14. The molecule has 22 heavy (non-hydrogen) atoms. The van der Waals surface area contributed by atoms with Crippen LogP contribution in [0.4, 0.5) is 5.69 Å². The number of carboxylic acids is 1. The average Bonchev–Trinajstić information content (AvgIpc) is 3.24. The number of hydrogen-bond donors (Lipinski definition) is 2. The van der Waals surface area contributed by atoms with Crippen LogP contribution in [0.2, 0.25) is 5.02 Å². The number of non-ortho nitro benzene ring substituents is 1. The number of nitro benzene ring substituents is 1. The number of carbonyl (C=O) groups excluding carboxylic acids is 1. The van der Waals surface area contributed by atoms with Crippen LogP contribution in [-0.4, -0.2) is 27.9 Å². The lowest BCUT2D eigenvalue weighted by atomic mass is 10.1. The predicted molar refractivity (Wildman–Crippen MR) is 78.7 cm³/mol. The van der Waals surface area contributed by atoms with E-state index in [0.29, 0.717) is 17.9 Å². The number of rotatable bonds is 7. The fourth-order valence-corrected chi connectivity index (χ4v) is 2.36. The molecule has 2 rings (SSSR count). The second kappa shape index (κ2) is 6.74. The minimum absolute atomic E-state index is 0.110. The van der Waals surface area contributed by atoms with E-state index >= 15 is 0 Å². The Morgan fingerprint density at radius 2 is 2.14 bits per heavy atom. The third-order valence-corrected chi connectivity index (χ3v) is 3.85. The highest BCUT2D eigenvalue weighted by Crippen LogP contribution is 2.33. The first-order valence-corrected chi connectivity index (χ1v) is 7.19. The van der Waals surface area contributed by atoms with E-state index in [1.165, 1.54) is 18.2 Å². The Labute approximate surface area is 131 Å². The molecule has 0 aromatic heterocycles. The molecule has 1 aromatic carbocycles. The van der Waals surface area contributed by atoms with Crippen LogP contribution in [0.25, 0.3) is 0 Å². The molecule has 1 unspecified atom stereocenters. The molecular formula is C14H15ClN2O5. The minimum Gasteiger partial charge on any atom is -0.480 e. The Bertz CT molecular complexity index is 615. The second-order valence-electron chi connectivity index (χ2n) is 5.35. The molecule has 1 amide bonds. The Kier molecular flexibility index (Phi) is 4.97. The highest BCUT2D eigenvalue weighted by molar-refractivity contribution is 6.31. The first-order valence-electron chi connectivity index (χ1n) is 6.82. The lowest BCUT2D eigenvalue weighted by molar-refractivity contribution is -0.384. The zero-order valence-electron chi connectivity index (χ0n) is 11.6. The summed E-state index contributed by atoms with van der Waals surface area (Å²) in [6.07, 6.45) is 2.29. The molecule has 118 valence electrons. The standard InChI is InChI=1S/C14H15ClN2O5/c15-11-7-10(17(21)22)4-3-9(11)6-13(18)16-12(14(19)20)5-8-1-2-8/h3-4,7-8,12H,1-2,5-6H2,(H,16,18)(H,19,20). The summed E-state index contributed by atoms with van der Waals surface area (Å²) in [6.45, 7) is 0. The van der Waals surface area contributed by atoms with Gasteiger partial charge in [0.2, 0.25) is 5.91 Å². The van der Waals surface area contributed by atoms with Gasteiger partial charge in [-0.25, -0.2) is 4.79 Å². The Hall–Kier alpha value is -2.15. The predicted octanol–water partition coefficient (Wildman–Crippen LogP) is 2.16. The fourth-order valence-electron chi connectivity index (χ4n) is 2.12. The summed E-state index contributed by atoms with van der Waals surface area (Å²) < 4.78 is 0. The summed E-state index contributed by atoms with van der Waals surface area (Å²) >= 11 is 5.91. The van der Waals surface area contributed by atoms with Gasteiger partial charge in [-0.15, -0.1) is 0 Å². The summed E-state index contributed by atoms with van der Waals surface area (Å²) in [5.74, 6) is -1.16. The van der Waals surface area contributed by atoms with E-state index in [0.717, 1.165) is 12.8 Å². The lowest BCUT2D eigenvalue weighted by Crippen LogP contribution is -2.41. The molecule has 0 aliphatic heterocycles. The van der Waals surface area contributed by atoms with Crippen molar-refractivity contribution in [2.45, 2.75) is 31.7 Å². The number of aliphatic carboxylic acids is 1. The van der Waals surface area contributed by atoms with E-state index in [2.05, 4.69) is 5.32 Å². The number of carboxylic acid groups (broad SMARTS) is 1. The van der Waals surface area contributed by atoms with Crippen LogP contribution < -0.4 is 5.32 Å².